The van der Waals surface area contributed by atoms with Gasteiger partial charge in [-0.05, 0) is 49.4 Å². The van der Waals surface area contributed by atoms with Gasteiger partial charge in [0.2, 0.25) is 0 Å². The Kier molecular flexibility index (Phi) is 4.94. The summed E-state index contributed by atoms with van der Waals surface area (Å²) in [5.74, 6) is 0.849. The Labute approximate surface area is 149 Å². The molecule has 0 aliphatic rings. The average molecular weight is 346 g/mol. The zero-order valence-corrected chi connectivity index (χ0v) is 14.3. The number of thiazole rings is 1. The number of hydrogen-bond donors (Lipinski definition) is 1. The summed E-state index contributed by atoms with van der Waals surface area (Å²) in [4.78, 5) is 4.66. The molecule has 2 aromatic carbocycles. The first-order valence-corrected chi connectivity index (χ1v) is 8.46. The van der Waals surface area contributed by atoms with Crippen molar-refractivity contribution in [2.75, 3.05) is 11.9 Å². The molecule has 0 amide bonds. The Morgan fingerprint density at radius 1 is 1.20 bits per heavy atom. The van der Waals surface area contributed by atoms with Crippen molar-refractivity contribution < 1.29 is 4.74 Å². The molecule has 0 saturated heterocycles. The van der Waals surface area contributed by atoms with E-state index in [0.29, 0.717) is 6.61 Å². The number of nitrogens with zero attached hydrogens (tertiary/aromatic N) is 3. The highest BCUT2D eigenvalue weighted by atomic mass is 32.1. The van der Waals surface area contributed by atoms with Gasteiger partial charge >= 0.3 is 0 Å². The molecule has 0 radical (unpaired) electrons. The van der Waals surface area contributed by atoms with E-state index in [1.807, 2.05) is 49.4 Å². The third kappa shape index (κ3) is 3.77. The lowest BCUT2D eigenvalue weighted by atomic mass is 10.2. The number of fused-ring (bicyclic) bond motifs is 1. The summed E-state index contributed by atoms with van der Waals surface area (Å²) in [6.45, 7) is 2.60. The van der Waals surface area contributed by atoms with E-state index in [1.54, 1.807) is 23.5 Å². The summed E-state index contributed by atoms with van der Waals surface area (Å²) in [6, 6.07) is 17.2. The van der Waals surface area contributed by atoms with Crippen LogP contribution in [-0.2, 0) is 0 Å². The zero-order chi connectivity index (χ0) is 17.6. The molecule has 122 valence electrons. The minimum Gasteiger partial charge on any atom is -0.494 e. The molecule has 0 saturated carbocycles. The van der Waals surface area contributed by atoms with E-state index in [4.69, 9.17) is 15.3 Å². The average Bonchev–Trinajstić information content (AvgIpc) is 3.07. The molecule has 5 nitrogen and oxygen atoms in total. The van der Waals surface area contributed by atoms with Gasteiger partial charge in [-0.1, -0.05) is 0 Å². The minimum atomic E-state index is 0.0281. The number of ether oxygens (including phenoxy) is 1. The number of allylic oxidation sites excluding steroid dienone is 1. The van der Waals surface area contributed by atoms with Gasteiger partial charge in [-0.25, -0.2) is 4.98 Å². The van der Waals surface area contributed by atoms with Crippen LogP contribution in [-0.4, -0.2) is 11.6 Å². The van der Waals surface area contributed by atoms with E-state index < -0.39 is 0 Å². The second-order valence-electron chi connectivity index (χ2n) is 5.08. The molecule has 1 N–H and O–H groups in total. The molecule has 1 heterocycles. The Hall–Kier alpha value is -3.35. The van der Waals surface area contributed by atoms with Crippen molar-refractivity contribution in [1.82, 2.24) is 4.98 Å². The van der Waals surface area contributed by atoms with Gasteiger partial charge in [-0.15, -0.1) is 11.3 Å². The number of nitrogens with one attached hydrogen (secondary N) is 1. The van der Waals surface area contributed by atoms with Crippen LogP contribution >= 0.6 is 11.3 Å². The van der Waals surface area contributed by atoms with Gasteiger partial charge in [0.25, 0.3) is 0 Å². The molecular weight excluding hydrogens is 332 g/mol. The maximum Gasteiger partial charge on any atom is 0.145 e. The second-order valence-corrected chi connectivity index (χ2v) is 6.12. The molecule has 25 heavy (non-hydrogen) atoms. The maximum atomic E-state index is 8.72. The third-order valence-corrected chi connectivity index (χ3v) is 4.49. The van der Waals surface area contributed by atoms with Crippen molar-refractivity contribution in [1.29, 1.82) is 10.5 Å². The predicted octanol–water partition coefficient (Wildman–Crippen LogP) is 4.70. The summed E-state index contributed by atoms with van der Waals surface area (Å²) in [5.41, 5.74) is 2.78. The number of hydrogen-bond acceptors (Lipinski definition) is 6. The lowest BCUT2D eigenvalue weighted by Crippen LogP contribution is -1.90. The number of benzene rings is 2. The van der Waals surface area contributed by atoms with Gasteiger partial charge in [0.15, 0.2) is 0 Å². The van der Waals surface area contributed by atoms with Gasteiger partial charge in [-0.2, -0.15) is 10.5 Å². The fraction of sp³-hybridized carbons (Fsp3) is 0.105. The lowest BCUT2D eigenvalue weighted by molar-refractivity contribution is 0.341. The Morgan fingerprint density at radius 2 is 1.96 bits per heavy atom. The van der Waals surface area contributed by atoms with Gasteiger partial charge in [0, 0.05) is 17.5 Å². The smallest absolute Gasteiger partial charge is 0.145 e. The standard InChI is InChI=1S/C19H14N4OS/c1-2-24-16-7-8-17-18(9-16)25-19(23-17)14-3-5-15(6-4-14)22-12-13(10-20)11-21/h3-9,12,22H,2H2,1H3. The highest BCUT2D eigenvalue weighted by Crippen LogP contribution is 2.32. The SMILES string of the molecule is CCOc1ccc2nc(-c3ccc(NC=C(C#N)C#N)cc3)sc2c1. The van der Waals surface area contributed by atoms with E-state index in [-0.39, 0.29) is 5.57 Å². The molecule has 0 fully saturated rings. The lowest BCUT2D eigenvalue weighted by Gasteiger charge is -2.01. The van der Waals surface area contributed by atoms with E-state index in [1.165, 1.54) is 6.20 Å². The van der Waals surface area contributed by atoms with Crippen LogP contribution in [0, 0.1) is 22.7 Å². The van der Waals surface area contributed by atoms with E-state index in [2.05, 4.69) is 10.3 Å². The van der Waals surface area contributed by atoms with Crippen LogP contribution in [0.5, 0.6) is 5.75 Å². The fourth-order valence-corrected chi connectivity index (χ4v) is 3.24. The van der Waals surface area contributed by atoms with Crippen LogP contribution in [0.15, 0.2) is 54.2 Å². The van der Waals surface area contributed by atoms with Crippen LogP contribution in [0.1, 0.15) is 6.92 Å². The van der Waals surface area contributed by atoms with Crippen LogP contribution < -0.4 is 10.1 Å². The Bertz CT molecular complexity index is 991. The van der Waals surface area contributed by atoms with E-state index >= 15 is 0 Å². The molecule has 1 aromatic heterocycles. The van der Waals surface area contributed by atoms with Crippen molar-refractivity contribution >= 4 is 27.2 Å². The molecule has 0 aliphatic carbocycles. The molecule has 0 bridgehead atoms. The van der Waals surface area contributed by atoms with Crippen LogP contribution in [0.4, 0.5) is 5.69 Å². The quantitative estimate of drug-likeness (QED) is 0.677. The van der Waals surface area contributed by atoms with Gasteiger partial charge < -0.3 is 10.1 Å². The van der Waals surface area contributed by atoms with Gasteiger partial charge in [0.05, 0.1) is 16.8 Å². The Balaban J connectivity index is 1.82. The van der Waals surface area contributed by atoms with Crippen LogP contribution in [0.3, 0.4) is 0 Å². The van der Waals surface area contributed by atoms with Crippen LogP contribution in [0.2, 0.25) is 0 Å². The number of anilines is 1. The topological polar surface area (TPSA) is 81.7 Å². The highest BCUT2D eigenvalue weighted by Gasteiger charge is 2.07. The summed E-state index contributed by atoms with van der Waals surface area (Å²) >= 11 is 1.61. The molecule has 6 heteroatoms. The van der Waals surface area contributed by atoms with Crippen molar-refractivity contribution in [2.45, 2.75) is 6.92 Å². The summed E-state index contributed by atoms with van der Waals surface area (Å²) in [5, 5.41) is 21.3. The first-order chi connectivity index (χ1) is 12.2. The van der Waals surface area contributed by atoms with Crippen molar-refractivity contribution in [3.63, 3.8) is 0 Å². The summed E-state index contributed by atoms with van der Waals surface area (Å²) in [6.07, 6.45) is 1.39. The van der Waals surface area contributed by atoms with Crippen LogP contribution in [0.25, 0.3) is 20.8 Å². The van der Waals surface area contributed by atoms with Gasteiger partial charge in [0.1, 0.15) is 28.5 Å². The molecule has 3 aromatic rings. The summed E-state index contributed by atoms with van der Waals surface area (Å²) in [7, 11) is 0. The minimum absolute atomic E-state index is 0.0281. The molecule has 0 atom stereocenters. The van der Waals surface area contributed by atoms with Crippen molar-refractivity contribution in [2.24, 2.45) is 0 Å². The molecule has 0 unspecified atom stereocenters. The predicted molar refractivity (Wildman–Crippen MR) is 99.2 cm³/mol. The third-order valence-electron chi connectivity index (χ3n) is 3.43. The van der Waals surface area contributed by atoms with Gasteiger partial charge in [-0.3, -0.25) is 0 Å². The number of aromatic nitrogens is 1. The maximum absolute atomic E-state index is 8.72. The van der Waals surface area contributed by atoms with E-state index in [0.717, 1.165) is 32.2 Å². The highest BCUT2D eigenvalue weighted by molar-refractivity contribution is 7.21. The molecular formula is C19H14N4OS. The zero-order valence-electron chi connectivity index (χ0n) is 13.5. The first-order valence-electron chi connectivity index (χ1n) is 7.64. The second kappa shape index (κ2) is 7.48. The largest absolute Gasteiger partial charge is 0.494 e. The fourth-order valence-electron chi connectivity index (χ4n) is 2.24. The molecule has 0 spiro atoms. The normalized spacial score (nSPS) is 9.88. The number of rotatable bonds is 5. The molecule has 3 rings (SSSR count). The molecule has 0 aliphatic heterocycles. The Morgan fingerprint density at radius 3 is 2.64 bits per heavy atom. The van der Waals surface area contributed by atoms with Crippen molar-refractivity contribution in [3.8, 4) is 28.5 Å². The number of nitriles is 2. The first kappa shape index (κ1) is 16.5. The summed E-state index contributed by atoms with van der Waals surface area (Å²) < 4.78 is 6.61. The monoisotopic (exact) mass is 346 g/mol. The van der Waals surface area contributed by atoms with Crippen molar-refractivity contribution in [3.05, 3.63) is 54.2 Å². The van der Waals surface area contributed by atoms with E-state index in [9.17, 15) is 0 Å².